The molecule has 1 N–H and O–H groups in total. The van der Waals surface area contributed by atoms with Gasteiger partial charge in [-0.2, -0.15) is 0 Å². The van der Waals surface area contributed by atoms with E-state index in [9.17, 15) is 13.2 Å². The average molecular weight is 268 g/mol. The van der Waals surface area contributed by atoms with Crippen LogP contribution in [-0.2, 0) is 10.0 Å². The maximum atomic E-state index is 11.7. The minimum Gasteiger partial charge on any atom is -0.349 e. The normalized spacial score (nSPS) is 15.2. The highest BCUT2D eigenvalue weighted by molar-refractivity contribution is 7.92. The van der Waals surface area contributed by atoms with Crippen molar-refractivity contribution in [2.45, 2.75) is 18.9 Å². The lowest BCUT2D eigenvalue weighted by molar-refractivity contribution is 0.0951. The first kappa shape index (κ1) is 12.9. The number of sulfonamides is 1. The van der Waals surface area contributed by atoms with E-state index in [1.165, 1.54) is 11.4 Å². The number of rotatable bonds is 4. The molecule has 6 heteroatoms. The molecule has 0 aliphatic heterocycles. The van der Waals surface area contributed by atoms with Crippen molar-refractivity contribution in [1.82, 2.24) is 5.32 Å². The fraction of sp³-hybridized carbons (Fsp3) is 0.417. The number of benzene rings is 1. The highest BCUT2D eigenvalue weighted by Crippen LogP contribution is 2.20. The van der Waals surface area contributed by atoms with Crippen LogP contribution in [0.2, 0.25) is 0 Å². The van der Waals surface area contributed by atoms with E-state index in [0.717, 1.165) is 19.1 Å². The molecular formula is C12H16N2O3S. The molecule has 0 heterocycles. The summed E-state index contributed by atoms with van der Waals surface area (Å²) in [5.74, 6) is -0.106. The number of nitrogens with zero attached hydrogens (tertiary/aromatic N) is 1. The van der Waals surface area contributed by atoms with Gasteiger partial charge in [-0.1, -0.05) is 0 Å². The van der Waals surface area contributed by atoms with Gasteiger partial charge >= 0.3 is 0 Å². The van der Waals surface area contributed by atoms with Gasteiger partial charge in [-0.05, 0) is 37.1 Å². The molecule has 0 radical (unpaired) electrons. The molecule has 1 saturated carbocycles. The Hall–Kier alpha value is -1.56. The van der Waals surface area contributed by atoms with Crippen LogP contribution in [-0.4, -0.2) is 33.7 Å². The number of anilines is 1. The lowest BCUT2D eigenvalue weighted by atomic mass is 10.2. The molecule has 0 atom stereocenters. The van der Waals surface area contributed by atoms with E-state index in [0.29, 0.717) is 17.3 Å². The minimum absolute atomic E-state index is 0.106. The maximum Gasteiger partial charge on any atom is 0.251 e. The Balaban J connectivity index is 2.11. The van der Waals surface area contributed by atoms with Gasteiger partial charge < -0.3 is 5.32 Å². The van der Waals surface area contributed by atoms with Crippen LogP contribution in [0, 0.1) is 0 Å². The number of carbonyl (C=O) groups is 1. The number of hydrogen-bond donors (Lipinski definition) is 1. The zero-order chi connectivity index (χ0) is 13.3. The third-order valence-corrected chi connectivity index (χ3v) is 4.11. The van der Waals surface area contributed by atoms with Gasteiger partial charge in [0.25, 0.3) is 5.91 Å². The maximum absolute atomic E-state index is 11.7. The van der Waals surface area contributed by atoms with Crippen LogP contribution in [0.4, 0.5) is 5.69 Å². The van der Waals surface area contributed by atoms with Crippen LogP contribution < -0.4 is 9.62 Å². The lowest BCUT2D eigenvalue weighted by Gasteiger charge is -2.16. The Bertz CT molecular complexity index is 547. The average Bonchev–Trinajstić information content (AvgIpc) is 3.11. The molecule has 1 amide bonds. The van der Waals surface area contributed by atoms with E-state index in [1.54, 1.807) is 24.3 Å². The summed E-state index contributed by atoms with van der Waals surface area (Å²) < 4.78 is 23.9. The van der Waals surface area contributed by atoms with E-state index >= 15 is 0 Å². The van der Waals surface area contributed by atoms with Gasteiger partial charge in [0.15, 0.2) is 0 Å². The van der Waals surface area contributed by atoms with Gasteiger partial charge in [0.2, 0.25) is 10.0 Å². The van der Waals surface area contributed by atoms with Gasteiger partial charge in [0, 0.05) is 18.7 Å². The Morgan fingerprint density at radius 3 is 2.28 bits per heavy atom. The van der Waals surface area contributed by atoms with E-state index in [4.69, 9.17) is 0 Å². The molecule has 18 heavy (non-hydrogen) atoms. The second kappa shape index (κ2) is 4.61. The number of amides is 1. The fourth-order valence-electron chi connectivity index (χ4n) is 1.51. The summed E-state index contributed by atoms with van der Waals surface area (Å²) in [5.41, 5.74) is 1.09. The second-order valence-corrected chi connectivity index (χ2v) is 6.54. The van der Waals surface area contributed by atoms with Gasteiger partial charge in [0.05, 0.1) is 11.9 Å². The molecule has 0 saturated heterocycles. The van der Waals surface area contributed by atoms with E-state index in [1.807, 2.05) is 0 Å². The van der Waals surface area contributed by atoms with Crippen molar-refractivity contribution < 1.29 is 13.2 Å². The van der Waals surface area contributed by atoms with Crippen molar-refractivity contribution in [2.24, 2.45) is 0 Å². The standard InChI is InChI=1S/C12H16N2O3S/c1-14(18(2,16)17)11-7-3-9(4-8-11)12(15)13-10-5-6-10/h3-4,7-8,10H,5-6H2,1-2H3,(H,13,15). The molecule has 0 unspecified atom stereocenters. The molecule has 0 aromatic heterocycles. The summed E-state index contributed by atoms with van der Waals surface area (Å²) in [7, 11) is -1.78. The Morgan fingerprint density at radius 2 is 1.83 bits per heavy atom. The molecular weight excluding hydrogens is 252 g/mol. The molecule has 5 nitrogen and oxygen atoms in total. The molecule has 0 spiro atoms. The molecule has 2 rings (SSSR count). The van der Waals surface area contributed by atoms with Crippen molar-refractivity contribution in [3.63, 3.8) is 0 Å². The summed E-state index contributed by atoms with van der Waals surface area (Å²) in [6.07, 6.45) is 3.22. The Labute approximate surface area is 107 Å². The fourth-order valence-corrected chi connectivity index (χ4v) is 2.02. The first-order chi connectivity index (χ1) is 8.38. The van der Waals surface area contributed by atoms with Crippen LogP contribution in [0.1, 0.15) is 23.2 Å². The van der Waals surface area contributed by atoms with Crippen molar-refractivity contribution in [2.75, 3.05) is 17.6 Å². The first-order valence-electron chi connectivity index (χ1n) is 5.73. The predicted molar refractivity (Wildman–Crippen MR) is 70.2 cm³/mol. The zero-order valence-corrected chi connectivity index (χ0v) is 11.2. The second-order valence-electron chi connectivity index (χ2n) is 4.53. The van der Waals surface area contributed by atoms with Gasteiger partial charge in [-0.25, -0.2) is 8.42 Å². The van der Waals surface area contributed by atoms with Crippen molar-refractivity contribution >= 4 is 21.6 Å². The van der Waals surface area contributed by atoms with Crippen molar-refractivity contribution in [3.05, 3.63) is 29.8 Å². The van der Waals surface area contributed by atoms with Crippen LogP contribution in [0.5, 0.6) is 0 Å². The van der Waals surface area contributed by atoms with Crippen molar-refractivity contribution in [1.29, 1.82) is 0 Å². The van der Waals surface area contributed by atoms with Gasteiger partial charge in [-0.3, -0.25) is 9.10 Å². The number of carbonyl (C=O) groups excluding carboxylic acids is 1. The lowest BCUT2D eigenvalue weighted by Crippen LogP contribution is -2.26. The summed E-state index contributed by atoms with van der Waals surface area (Å²) in [6, 6.07) is 6.84. The monoisotopic (exact) mass is 268 g/mol. The molecule has 1 fully saturated rings. The number of hydrogen-bond acceptors (Lipinski definition) is 3. The number of nitrogens with one attached hydrogen (secondary N) is 1. The molecule has 1 aliphatic carbocycles. The minimum atomic E-state index is -3.27. The van der Waals surface area contributed by atoms with Crippen LogP contribution in [0.15, 0.2) is 24.3 Å². The zero-order valence-electron chi connectivity index (χ0n) is 10.4. The molecule has 0 bridgehead atoms. The van der Waals surface area contributed by atoms with E-state index in [-0.39, 0.29) is 5.91 Å². The third kappa shape index (κ3) is 3.01. The smallest absolute Gasteiger partial charge is 0.251 e. The largest absolute Gasteiger partial charge is 0.349 e. The van der Waals surface area contributed by atoms with Crippen molar-refractivity contribution in [3.8, 4) is 0 Å². The van der Waals surface area contributed by atoms with Crippen LogP contribution in [0.25, 0.3) is 0 Å². The molecule has 1 aromatic carbocycles. The molecule has 98 valence electrons. The van der Waals surface area contributed by atoms with E-state index in [2.05, 4.69) is 5.32 Å². The Morgan fingerprint density at radius 1 is 1.28 bits per heavy atom. The summed E-state index contributed by atoms with van der Waals surface area (Å²) in [4.78, 5) is 11.7. The van der Waals surface area contributed by atoms with E-state index < -0.39 is 10.0 Å². The summed E-state index contributed by atoms with van der Waals surface area (Å²) in [5, 5.41) is 2.88. The molecule has 1 aromatic rings. The topological polar surface area (TPSA) is 66.5 Å². The highest BCUT2D eigenvalue weighted by Gasteiger charge is 2.23. The third-order valence-electron chi connectivity index (χ3n) is 2.90. The van der Waals surface area contributed by atoms with Gasteiger partial charge in [0.1, 0.15) is 0 Å². The van der Waals surface area contributed by atoms with Crippen LogP contribution >= 0.6 is 0 Å². The quantitative estimate of drug-likeness (QED) is 0.885. The predicted octanol–water partition coefficient (Wildman–Crippen LogP) is 0.975. The summed E-state index contributed by atoms with van der Waals surface area (Å²) >= 11 is 0. The SMILES string of the molecule is CN(c1ccc(C(=O)NC2CC2)cc1)S(C)(=O)=O. The first-order valence-corrected chi connectivity index (χ1v) is 7.57. The molecule has 1 aliphatic rings. The highest BCUT2D eigenvalue weighted by atomic mass is 32.2. The van der Waals surface area contributed by atoms with Crippen LogP contribution in [0.3, 0.4) is 0 Å². The summed E-state index contributed by atoms with van der Waals surface area (Å²) in [6.45, 7) is 0. The Kier molecular flexibility index (Phi) is 3.30. The van der Waals surface area contributed by atoms with Gasteiger partial charge in [-0.15, -0.1) is 0 Å².